The number of carbonyl (C=O) groups is 1. The molecule has 1 heterocycles. The molecule has 3 aromatic rings. The Morgan fingerprint density at radius 3 is 2.95 bits per heavy atom. The van der Waals surface area contributed by atoms with Gasteiger partial charge in [-0.2, -0.15) is 0 Å². The standard InChI is InChI=1S/C16H13NO3S/c1-2-20-16(19)14-9-17-15(21-14)11-7-10-5-3-4-6-12(10)13(18)8-11/h3-9,18H,2H2,1H3. The van der Waals surface area contributed by atoms with E-state index < -0.39 is 0 Å². The van der Waals surface area contributed by atoms with Crippen LogP contribution >= 0.6 is 11.3 Å². The summed E-state index contributed by atoms with van der Waals surface area (Å²) in [5.74, 6) is -0.165. The van der Waals surface area contributed by atoms with Crippen molar-refractivity contribution in [3.8, 4) is 16.3 Å². The van der Waals surface area contributed by atoms with Crippen LogP contribution in [-0.4, -0.2) is 22.7 Å². The zero-order valence-electron chi connectivity index (χ0n) is 11.4. The molecule has 5 heteroatoms. The van der Waals surface area contributed by atoms with E-state index in [2.05, 4.69) is 4.98 Å². The van der Waals surface area contributed by atoms with Crippen molar-refractivity contribution in [2.24, 2.45) is 0 Å². The molecule has 21 heavy (non-hydrogen) atoms. The first-order chi connectivity index (χ1) is 10.2. The van der Waals surface area contributed by atoms with Crippen molar-refractivity contribution < 1.29 is 14.6 Å². The number of rotatable bonds is 3. The quantitative estimate of drug-likeness (QED) is 0.746. The molecule has 0 aliphatic carbocycles. The Balaban J connectivity index is 2.03. The predicted octanol–water partition coefficient (Wildman–Crippen LogP) is 3.85. The topological polar surface area (TPSA) is 59.4 Å². The van der Waals surface area contributed by atoms with Crippen molar-refractivity contribution in [2.75, 3.05) is 6.61 Å². The minimum atomic E-state index is -0.369. The van der Waals surface area contributed by atoms with Gasteiger partial charge in [0.25, 0.3) is 0 Å². The Morgan fingerprint density at radius 2 is 2.14 bits per heavy atom. The van der Waals surface area contributed by atoms with Crippen molar-refractivity contribution >= 4 is 28.1 Å². The van der Waals surface area contributed by atoms with Gasteiger partial charge in [0.15, 0.2) is 0 Å². The number of nitrogens with zero attached hydrogens (tertiary/aromatic N) is 1. The largest absolute Gasteiger partial charge is 0.507 e. The van der Waals surface area contributed by atoms with E-state index in [1.165, 1.54) is 17.5 Å². The van der Waals surface area contributed by atoms with E-state index >= 15 is 0 Å². The summed E-state index contributed by atoms with van der Waals surface area (Å²) >= 11 is 1.25. The van der Waals surface area contributed by atoms with Crippen molar-refractivity contribution in [3.05, 3.63) is 47.5 Å². The second-order valence-electron chi connectivity index (χ2n) is 4.47. The third kappa shape index (κ3) is 2.60. The van der Waals surface area contributed by atoms with Gasteiger partial charge in [-0.15, -0.1) is 11.3 Å². The third-order valence-electron chi connectivity index (χ3n) is 3.07. The Kier molecular flexibility index (Phi) is 3.58. The van der Waals surface area contributed by atoms with Gasteiger partial charge in [-0.05, 0) is 24.4 Å². The lowest BCUT2D eigenvalue weighted by atomic mass is 10.1. The summed E-state index contributed by atoms with van der Waals surface area (Å²) in [5.41, 5.74) is 0.784. The van der Waals surface area contributed by atoms with E-state index in [0.29, 0.717) is 16.5 Å². The molecule has 1 N–H and O–H groups in total. The maximum Gasteiger partial charge on any atom is 0.349 e. The van der Waals surface area contributed by atoms with E-state index in [1.54, 1.807) is 13.0 Å². The lowest BCUT2D eigenvalue weighted by Gasteiger charge is -2.03. The number of esters is 1. The van der Waals surface area contributed by atoms with E-state index in [9.17, 15) is 9.90 Å². The number of carbonyl (C=O) groups excluding carboxylic acids is 1. The Hall–Kier alpha value is -2.40. The molecular formula is C16H13NO3S. The van der Waals surface area contributed by atoms with Gasteiger partial charge in [0.2, 0.25) is 0 Å². The predicted molar refractivity (Wildman–Crippen MR) is 82.7 cm³/mol. The van der Waals surface area contributed by atoms with Gasteiger partial charge in [-0.3, -0.25) is 0 Å². The summed E-state index contributed by atoms with van der Waals surface area (Å²) < 4.78 is 4.95. The maximum atomic E-state index is 11.7. The van der Waals surface area contributed by atoms with Crippen molar-refractivity contribution in [2.45, 2.75) is 6.92 Å². The Labute approximate surface area is 125 Å². The Morgan fingerprint density at radius 1 is 1.33 bits per heavy atom. The molecule has 0 bridgehead atoms. The number of phenols is 1. The summed E-state index contributed by atoms with van der Waals surface area (Å²) in [6.07, 6.45) is 1.50. The fourth-order valence-electron chi connectivity index (χ4n) is 2.12. The summed E-state index contributed by atoms with van der Waals surface area (Å²) in [6.45, 7) is 2.10. The van der Waals surface area contributed by atoms with Gasteiger partial charge >= 0.3 is 5.97 Å². The molecule has 0 aliphatic heterocycles. The molecule has 0 aliphatic rings. The minimum absolute atomic E-state index is 0.205. The number of ether oxygens (including phenoxy) is 1. The van der Waals surface area contributed by atoms with Crippen LogP contribution in [-0.2, 0) is 4.74 Å². The summed E-state index contributed by atoms with van der Waals surface area (Å²) in [6, 6.07) is 11.2. The first-order valence-electron chi connectivity index (χ1n) is 6.54. The second-order valence-corrected chi connectivity index (χ2v) is 5.50. The van der Waals surface area contributed by atoms with Crippen LogP contribution in [0.5, 0.6) is 5.75 Å². The van der Waals surface area contributed by atoms with Gasteiger partial charge in [-0.1, -0.05) is 24.3 Å². The van der Waals surface area contributed by atoms with Crippen LogP contribution in [0.1, 0.15) is 16.6 Å². The highest BCUT2D eigenvalue weighted by Crippen LogP contribution is 2.33. The monoisotopic (exact) mass is 299 g/mol. The molecule has 1 aromatic heterocycles. The van der Waals surface area contributed by atoms with Crippen LogP contribution in [0.4, 0.5) is 0 Å². The van der Waals surface area contributed by atoms with E-state index in [1.807, 2.05) is 30.3 Å². The molecule has 0 saturated heterocycles. The van der Waals surface area contributed by atoms with E-state index in [0.717, 1.165) is 16.3 Å². The second kappa shape index (κ2) is 5.54. The summed E-state index contributed by atoms with van der Waals surface area (Å²) in [4.78, 5) is 16.4. The van der Waals surface area contributed by atoms with Crippen molar-refractivity contribution in [3.63, 3.8) is 0 Å². The first-order valence-corrected chi connectivity index (χ1v) is 7.35. The van der Waals surface area contributed by atoms with Crippen LogP contribution in [0.15, 0.2) is 42.6 Å². The number of phenolic OH excluding ortho intramolecular Hbond substituents is 1. The average molecular weight is 299 g/mol. The highest BCUT2D eigenvalue weighted by molar-refractivity contribution is 7.16. The smallest absolute Gasteiger partial charge is 0.349 e. The molecular weight excluding hydrogens is 286 g/mol. The number of hydrogen-bond acceptors (Lipinski definition) is 5. The minimum Gasteiger partial charge on any atom is -0.507 e. The van der Waals surface area contributed by atoms with Crippen LogP contribution in [0, 0.1) is 0 Å². The highest BCUT2D eigenvalue weighted by atomic mass is 32.1. The van der Waals surface area contributed by atoms with Gasteiger partial charge in [0.05, 0.1) is 12.8 Å². The number of benzene rings is 2. The van der Waals surface area contributed by atoms with Crippen LogP contribution in [0.2, 0.25) is 0 Å². The fourth-order valence-corrected chi connectivity index (χ4v) is 2.92. The first kappa shape index (κ1) is 13.6. The van der Waals surface area contributed by atoms with Gasteiger partial charge in [0.1, 0.15) is 15.6 Å². The molecule has 2 aromatic carbocycles. The lowest BCUT2D eigenvalue weighted by Crippen LogP contribution is -2.01. The van der Waals surface area contributed by atoms with Crippen LogP contribution in [0.25, 0.3) is 21.3 Å². The van der Waals surface area contributed by atoms with E-state index in [-0.39, 0.29) is 11.7 Å². The molecule has 0 saturated carbocycles. The van der Waals surface area contributed by atoms with Crippen molar-refractivity contribution in [1.29, 1.82) is 0 Å². The van der Waals surface area contributed by atoms with E-state index in [4.69, 9.17) is 4.74 Å². The lowest BCUT2D eigenvalue weighted by molar-refractivity contribution is 0.0532. The molecule has 0 amide bonds. The third-order valence-corrected chi connectivity index (χ3v) is 4.10. The Bertz CT molecular complexity index is 810. The van der Waals surface area contributed by atoms with Crippen LogP contribution in [0.3, 0.4) is 0 Å². The molecule has 3 rings (SSSR count). The fraction of sp³-hybridized carbons (Fsp3) is 0.125. The number of aromatic nitrogens is 1. The van der Waals surface area contributed by atoms with Gasteiger partial charge < -0.3 is 9.84 Å². The SMILES string of the molecule is CCOC(=O)c1cnc(-c2cc(O)c3ccccc3c2)s1. The van der Waals surface area contributed by atoms with Gasteiger partial charge in [0, 0.05) is 10.9 Å². The average Bonchev–Trinajstić information content (AvgIpc) is 2.97. The normalized spacial score (nSPS) is 10.7. The zero-order chi connectivity index (χ0) is 14.8. The maximum absolute atomic E-state index is 11.7. The molecule has 106 valence electrons. The molecule has 0 radical (unpaired) electrons. The molecule has 0 unspecified atom stereocenters. The number of hydrogen-bond donors (Lipinski definition) is 1. The summed E-state index contributed by atoms with van der Waals surface area (Å²) in [5, 5.41) is 12.5. The molecule has 0 fully saturated rings. The molecule has 0 atom stereocenters. The van der Waals surface area contributed by atoms with Gasteiger partial charge in [-0.25, -0.2) is 9.78 Å². The molecule has 0 spiro atoms. The summed E-state index contributed by atoms with van der Waals surface area (Å²) in [7, 11) is 0. The number of fused-ring (bicyclic) bond motifs is 1. The van der Waals surface area contributed by atoms with Crippen molar-refractivity contribution in [1.82, 2.24) is 4.98 Å². The highest BCUT2D eigenvalue weighted by Gasteiger charge is 2.13. The van der Waals surface area contributed by atoms with Crippen LogP contribution < -0.4 is 0 Å². The number of aromatic hydroxyl groups is 1. The molecule has 4 nitrogen and oxygen atoms in total. The number of thiazole rings is 1. The zero-order valence-corrected chi connectivity index (χ0v) is 12.2.